The number of para-hydroxylation sites is 1. The van der Waals surface area contributed by atoms with Gasteiger partial charge in [-0.1, -0.05) is 48.0 Å². The first-order chi connectivity index (χ1) is 17.9. The number of ether oxygens (including phenoxy) is 1. The van der Waals surface area contributed by atoms with Gasteiger partial charge in [0, 0.05) is 35.8 Å². The molecule has 5 rings (SSSR count). The number of carbonyl (C=O) groups excluding carboxylic acids is 3. The lowest BCUT2D eigenvalue weighted by Crippen LogP contribution is -2.39. The van der Waals surface area contributed by atoms with Gasteiger partial charge in [-0.25, -0.2) is 0 Å². The quantitative estimate of drug-likeness (QED) is 0.467. The molecule has 7 nitrogen and oxygen atoms in total. The number of hydrogen-bond donors (Lipinski definition) is 0. The Kier molecular flexibility index (Phi) is 6.97. The van der Waals surface area contributed by atoms with Crippen LogP contribution >= 0.6 is 11.6 Å². The van der Waals surface area contributed by atoms with Crippen molar-refractivity contribution < 1.29 is 19.1 Å². The van der Waals surface area contributed by atoms with E-state index in [1.807, 2.05) is 42.5 Å². The normalized spacial score (nSPS) is 15.0. The maximum atomic E-state index is 13.6. The fourth-order valence-corrected chi connectivity index (χ4v) is 4.77. The Labute approximate surface area is 220 Å². The first-order valence-corrected chi connectivity index (χ1v) is 12.4. The van der Waals surface area contributed by atoms with Crippen LogP contribution in [0.25, 0.3) is 0 Å². The summed E-state index contributed by atoms with van der Waals surface area (Å²) in [7, 11) is 1.56. The van der Waals surface area contributed by atoms with Crippen molar-refractivity contribution in [3.63, 3.8) is 0 Å². The predicted octanol–water partition coefficient (Wildman–Crippen LogP) is 4.55. The van der Waals surface area contributed by atoms with E-state index < -0.39 is 0 Å². The molecule has 0 fully saturated rings. The van der Waals surface area contributed by atoms with Gasteiger partial charge in [-0.15, -0.1) is 0 Å². The van der Waals surface area contributed by atoms with Gasteiger partial charge < -0.3 is 19.4 Å². The smallest absolute Gasteiger partial charge is 0.254 e. The molecule has 0 bridgehead atoms. The van der Waals surface area contributed by atoms with Gasteiger partial charge in [0.05, 0.1) is 19.3 Å². The maximum Gasteiger partial charge on any atom is 0.254 e. The van der Waals surface area contributed by atoms with Crippen LogP contribution in [0.5, 0.6) is 5.75 Å². The van der Waals surface area contributed by atoms with Crippen LogP contribution in [0.4, 0.5) is 5.69 Å². The summed E-state index contributed by atoms with van der Waals surface area (Å²) in [6.45, 7) is 1.68. The van der Waals surface area contributed by atoms with Crippen molar-refractivity contribution in [1.29, 1.82) is 0 Å². The molecule has 3 aromatic carbocycles. The number of nitrogens with zero attached hydrogens (tertiary/aromatic N) is 3. The Morgan fingerprint density at radius 3 is 2.11 bits per heavy atom. The zero-order chi connectivity index (χ0) is 25.9. The van der Waals surface area contributed by atoms with E-state index >= 15 is 0 Å². The molecule has 0 saturated carbocycles. The second-order valence-corrected chi connectivity index (χ2v) is 9.43. The third-order valence-corrected chi connectivity index (χ3v) is 6.84. The van der Waals surface area contributed by atoms with Crippen LogP contribution in [0.2, 0.25) is 5.02 Å². The fraction of sp³-hybridized carbons (Fsp3) is 0.207. The molecule has 0 aliphatic carbocycles. The number of rotatable bonds is 5. The van der Waals surface area contributed by atoms with Crippen molar-refractivity contribution in [3.8, 4) is 5.75 Å². The molecule has 3 amide bonds. The number of fused-ring (bicyclic) bond motifs is 1. The highest BCUT2D eigenvalue weighted by atomic mass is 35.5. The molecule has 0 saturated heterocycles. The highest BCUT2D eigenvalue weighted by Gasteiger charge is 2.31. The Balaban J connectivity index is 1.42. The van der Waals surface area contributed by atoms with Crippen LogP contribution in [0.15, 0.2) is 78.9 Å². The van der Waals surface area contributed by atoms with Crippen LogP contribution in [-0.2, 0) is 17.9 Å². The summed E-state index contributed by atoms with van der Waals surface area (Å²) in [5.41, 5.74) is 3.38. The van der Waals surface area contributed by atoms with Gasteiger partial charge >= 0.3 is 0 Å². The molecule has 0 N–H and O–H groups in total. The molecule has 188 valence electrons. The molecule has 2 heterocycles. The number of halogens is 1. The molecular weight excluding hydrogens is 490 g/mol. The molecule has 0 atom stereocenters. The Morgan fingerprint density at radius 1 is 0.838 bits per heavy atom. The van der Waals surface area contributed by atoms with Gasteiger partial charge in [-0.3, -0.25) is 14.4 Å². The summed E-state index contributed by atoms with van der Waals surface area (Å²) in [4.78, 5) is 44.5. The predicted molar refractivity (Wildman–Crippen MR) is 142 cm³/mol. The van der Waals surface area contributed by atoms with Gasteiger partial charge in [-0.05, 0) is 53.6 Å². The maximum absolute atomic E-state index is 13.6. The van der Waals surface area contributed by atoms with Crippen molar-refractivity contribution in [2.45, 2.75) is 13.1 Å². The van der Waals surface area contributed by atoms with Crippen molar-refractivity contribution in [3.05, 3.63) is 106 Å². The Morgan fingerprint density at radius 2 is 1.46 bits per heavy atom. The monoisotopic (exact) mass is 515 g/mol. The second-order valence-electron chi connectivity index (χ2n) is 8.99. The molecular formula is C29H26ClN3O4. The van der Waals surface area contributed by atoms with Crippen LogP contribution in [0.1, 0.15) is 31.8 Å². The number of hydrogen-bond acceptors (Lipinski definition) is 4. The van der Waals surface area contributed by atoms with E-state index in [0.29, 0.717) is 40.7 Å². The molecule has 3 aromatic rings. The van der Waals surface area contributed by atoms with E-state index in [2.05, 4.69) is 0 Å². The zero-order valence-electron chi connectivity index (χ0n) is 20.4. The van der Waals surface area contributed by atoms with Gasteiger partial charge in [0.15, 0.2) is 0 Å². The van der Waals surface area contributed by atoms with E-state index in [4.69, 9.17) is 16.3 Å². The minimum Gasteiger partial charge on any atom is -0.495 e. The lowest BCUT2D eigenvalue weighted by Gasteiger charge is -2.25. The van der Waals surface area contributed by atoms with Gasteiger partial charge in [-0.2, -0.15) is 0 Å². The summed E-state index contributed by atoms with van der Waals surface area (Å²) in [6.07, 6.45) is 3.95. The minimum atomic E-state index is -0.250. The summed E-state index contributed by atoms with van der Waals surface area (Å²) >= 11 is 5.98. The molecule has 2 aliphatic rings. The summed E-state index contributed by atoms with van der Waals surface area (Å²) < 4.78 is 5.62. The lowest BCUT2D eigenvalue weighted by atomic mass is 10.1. The van der Waals surface area contributed by atoms with Crippen molar-refractivity contribution in [2.75, 3.05) is 31.6 Å². The molecule has 8 heteroatoms. The SMILES string of the molecule is COc1cccc2c1N(Cc1ccc(C(=O)N3CC=CC3)cc1)C(=O)CN(C(=O)c1ccc(Cl)cc1)C2. The highest BCUT2D eigenvalue weighted by Crippen LogP contribution is 2.36. The average Bonchev–Trinajstić information content (AvgIpc) is 3.42. The lowest BCUT2D eigenvalue weighted by molar-refractivity contribution is -0.119. The van der Waals surface area contributed by atoms with Crippen molar-refractivity contribution in [2.24, 2.45) is 0 Å². The molecule has 0 radical (unpaired) electrons. The van der Waals surface area contributed by atoms with Crippen LogP contribution < -0.4 is 9.64 Å². The van der Waals surface area contributed by atoms with Crippen LogP contribution in [0.3, 0.4) is 0 Å². The molecule has 0 aromatic heterocycles. The van der Waals surface area contributed by atoms with E-state index in [1.54, 1.807) is 53.3 Å². The molecule has 37 heavy (non-hydrogen) atoms. The Hall–Kier alpha value is -4.10. The minimum absolute atomic E-state index is 0.0224. The third kappa shape index (κ3) is 5.08. The zero-order valence-corrected chi connectivity index (χ0v) is 21.1. The second kappa shape index (κ2) is 10.5. The van der Waals surface area contributed by atoms with E-state index in [1.165, 1.54) is 4.90 Å². The first kappa shape index (κ1) is 24.6. The van der Waals surface area contributed by atoms with Crippen molar-refractivity contribution >= 4 is 35.0 Å². The standard InChI is InChI=1S/C29H26ClN3O4/c1-37-25-6-4-5-23-18-32(29(36)22-11-13-24(30)14-12-22)19-26(34)33(27(23)25)17-20-7-9-21(10-8-20)28(35)31-15-2-3-16-31/h2-14H,15-19H2,1H3. The van der Waals surface area contributed by atoms with Gasteiger partial charge in [0.1, 0.15) is 12.3 Å². The summed E-state index contributed by atoms with van der Waals surface area (Å²) in [5, 5.41) is 0.537. The Bertz CT molecular complexity index is 1360. The number of methoxy groups -OCH3 is 1. The number of carbonyl (C=O) groups is 3. The summed E-state index contributed by atoms with van der Waals surface area (Å²) in [5.74, 6) is 0.0551. The molecule has 0 spiro atoms. The van der Waals surface area contributed by atoms with E-state index in [0.717, 1.165) is 11.1 Å². The highest BCUT2D eigenvalue weighted by molar-refractivity contribution is 6.30. The first-order valence-electron chi connectivity index (χ1n) is 12.0. The number of benzene rings is 3. The van der Waals surface area contributed by atoms with Gasteiger partial charge in [0.25, 0.3) is 11.8 Å². The van der Waals surface area contributed by atoms with E-state index in [9.17, 15) is 14.4 Å². The number of anilines is 1. The fourth-order valence-electron chi connectivity index (χ4n) is 4.65. The molecule has 0 unspecified atom stereocenters. The summed E-state index contributed by atoms with van der Waals surface area (Å²) in [6, 6.07) is 19.5. The third-order valence-electron chi connectivity index (χ3n) is 6.59. The molecule has 2 aliphatic heterocycles. The van der Waals surface area contributed by atoms with Crippen LogP contribution in [-0.4, -0.2) is 54.3 Å². The topological polar surface area (TPSA) is 70.2 Å². The average molecular weight is 516 g/mol. The van der Waals surface area contributed by atoms with Crippen LogP contribution in [0, 0.1) is 0 Å². The van der Waals surface area contributed by atoms with E-state index in [-0.39, 0.29) is 37.4 Å². The van der Waals surface area contributed by atoms with Gasteiger partial charge in [0.2, 0.25) is 5.91 Å². The van der Waals surface area contributed by atoms with Crippen molar-refractivity contribution in [1.82, 2.24) is 9.80 Å². The largest absolute Gasteiger partial charge is 0.495 e. The number of amides is 3.